The van der Waals surface area contributed by atoms with Crippen molar-refractivity contribution in [2.45, 2.75) is 0 Å². The van der Waals surface area contributed by atoms with Crippen LogP contribution < -0.4 is 10.9 Å². The van der Waals surface area contributed by atoms with Gasteiger partial charge in [-0.15, -0.1) is 0 Å². The molecular weight excluding hydrogens is 327 g/mol. The molecule has 1 heterocycles. The largest absolute Gasteiger partial charge is 0.452 e. The van der Waals surface area contributed by atoms with Crippen LogP contribution in [0.25, 0.3) is 10.9 Å². The second-order valence-electron chi connectivity index (χ2n) is 5.23. The molecule has 0 bridgehead atoms. The number of esters is 1. The minimum absolute atomic E-state index is 0.0675. The van der Waals surface area contributed by atoms with Crippen LogP contribution in [-0.2, 0) is 9.53 Å². The zero-order chi connectivity index (χ0) is 17.8. The van der Waals surface area contributed by atoms with E-state index in [9.17, 15) is 18.8 Å². The highest BCUT2D eigenvalue weighted by Gasteiger charge is 2.15. The maximum Gasteiger partial charge on any atom is 0.339 e. The van der Waals surface area contributed by atoms with Crippen LogP contribution in [0.4, 0.5) is 10.1 Å². The Morgan fingerprint density at radius 2 is 1.88 bits per heavy atom. The van der Waals surface area contributed by atoms with Crippen molar-refractivity contribution in [2.24, 2.45) is 0 Å². The summed E-state index contributed by atoms with van der Waals surface area (Å²) in [6.07, 6.45) is 0. The molecule has 0 saturated heterocycles. The molecular formula is C18H13FN2O4. The van der Waals surface area contributed by atoms with Crippen molar-refractivity contribution in [1.82, 2.24) is 4.98 Å². The molecule has 25 heavy (non-hydrogen) atoms. The predicted octanol–water partition coefficient (Wildman–Crippen LogP) is 2.46. The number of pyridine rings is 1. The highest BCUT2D eigenvalue weighted by atomic mass is 19.1. The summed E-state index contributed by atoms with van der Waals surface area (Å²) in [6, 6.07) is 13.2. The summed E-state index contributed by atoms with van der Waals surface area (Å²) in [5.41, 5.74) is 0.363. The summed E-state index contributed by atoms with van der Waals surface area (Å²) in [6.45, 7) is -0.559. The number of hydrogen-bond donors (Lipinski definition) is 2. The van der Waals surface area contributed by atoms with Crippen LogP contribution in [0, 0.1) is 5.82 Å². The Hall–Kier alpha value is -3.48. The first-order valence-corrected chi connectivity index (χ1v) is 7.37. The number of aromatic amines is 1. The number of benzene rings is 2. The molecule has 0 fully saturated rings. The fraction of sp³-hybridized carbons (Fsp3) is 0.0556. The van der Waals surface area contributed by atoms with Gasteiger partial charge in [-0.25, -0.2) is 9.18 Å². The van der Waals surface area contributed by atoms with E-state index in [1.807, 2.05) is 0 Å². The second-order valence-corrected chi connectivity index (χ2v) is 5.23. The van der Waals surface area contributed by atoms with Gasteiger partial charge in [0.2, 0.25) is 5.56 Å². The van der Waals surface area contributed by atoms with Gasteiger partial charge in [0.25, 0.3) is 5.91 Å². The number of halogens is 1. The fourth-order valence-electron chi connectivity index (χ4n) is 2.35. The highest BCUT2D eigenvalue weighted by molar-refractivity contribution is 6.04. The molecule has 0 aliphatic rings. The molecule has 0 aliphatic heterocycles. The summed E-state index contributed by atoms with van der Waals surface area (Å²) < 4.78 is 18.0. The normalized spacial score (nSPS) is 10.4. The van der Waals surface area contributed by atoms with E-state index in [0.717, 1.165) is 12.1 Å². The number of rotatable bonds is 4. The van der Waals surface area contributed by atoms with Gasteiger partial charge in [0.15, 0.2) is 6.61 Å². The number of aromatic nitrogens is 1. The first kappa shape index (κ1) is 16.4. The number of carbonyl (C=O) groups is 2. The standard InChI is InChI=1S/C18H13FN2O4/c19-11-4-3-5-12(8-11)20-17(23)10-25-18(24)14-9-16(22)21-15-7-2-1-6-13(14)15/h1-9H,10H2,(H,20,23)(H,21,22). The lowest BCUT2D eigenvalue weighted by Gasteiger charge is -2.08. The van der Waals surface area contributed by atoms with E-state index in [4.69, 9.17) is 4.74 Å². The lowest BCUT2D eigenvalue weighted by molar-refractivity contribution is -0.119. The Labute approximate surface area is 141 Å². The molecule has 0 unspecified atom stereocenters. The van der Waals surface area contributed by atoms with Crippen LogP contribution in [0.3, 0.4) is 0 Å². The van der Waals surface area contributed by atoms with E-state index >= 15 is 0 Å². The molecule has 1 amide bonds. The van der Waals surface area contributed by atoms with Crippen LogP contribution in [0.5, 0.6) is 0 Å². The number of para-hydroxylation sites is 1. The molecule has 2 aromatic carbocycles. The van der Waals surface area contributed by atoms with Gasteiger partial charge in [0, 0.05) is 22.7 Å². The molecule has 0 radical (unpaired) electrons. The lowest BCUT2D eigenvalue weighted by atomic mass is 10.1. The van der Waals surface area contributed by atoms with Gasteiger partial charge in [0.1, 0.15) is 5.82 Å². The molecule has 0 saturated carbocycles. The second kappa shape index (κ2) is 6.96. The van der Waals surface area contributed by atoms with Gasteiger partial charge >= 0.3 is 5.97 Å². The van der Waals surface area contributed by atoms with Crippen LogP contribution in [0.2, 0.25) is 0 Å². The first-order chi connectivity index (χ1) is 12.0. The molecule has 126 valence electrons. The molecule has 2 N–H and O–H groups in total. The van der Waals surface area contributed by atoms with E-state index in [1.165, 1.54) is 18.2 Å². The summed E-state index contributed by atoms with van der Waals surface area (Å²) in [7, 11) is 0. The van der Waals surface area contributed by atoms with Crippen molar-refractivity contribution in [1.29, 1.82) is 0 Å². The third kappa shape index (κ3) is 3.89. The Bertz CT molecular complexity index is 1010. The van der Waals surface area contributed by atoms with Crippen LogP contribution in [-0.4, -0.2) is 23.5 Å². The minimum Gasteiger partial charge on any atom is -0.452 e. The van der Waals surface area contributed by atoms with Crippen LogP contribution in [0.1, 0.15) is 10.4 Å². The van der Waals surface area contributed by atoms with Crippen molar-refractivity contribution in [3.63, 3.8) is 0 Å². The van der Waals surface area contributed by atoms with Crippen molar-refractivity contribution in [3.05, 3.63) is 76.3 Å². The van der Waals surface area contributed by atoms with Gasteiger partial charge in [-0.3, -0.25) is 9.59 Å². The van der Waals surface area contributed by atoms with E-state index in [-0.39, 0.29) is 11.3 Å². The van der Waals surface area contributed by atoms with Gasteiger partial charge in [0.05, 0.1) is 5.56 Å². The topological polar surface area (TPSA) is 88.3 Å². The van der Waals surface area contributed by atoms with Gasteiger partial charge in [-0.2, -0.15) is 0 Å². The van der Waals surface area contributed by atoms with E-state index < -0.39 is 29.9 Å². The minimum atomic E-state index is -0.795. The van der Waals surface area contributed by atoms with E-state index in [0.29, 0.717) is 10.9 Å². The number of nitrogens with one attached hydrogen (secondary N) is 2. The SMILES string of the molecule is O=C(COC(=O)c1cc(=O)[nH]c2ccccc12)Nc1cccc(F)c1. The van der Waals surface area contributed by atoms with E-state index in [1.54, 1.807) is 24.3 Å². The lowest BCUT2D eigenvalue weighted by Crippen LogP contribution is -2.22. The average Bonchev–Trinajstić information content (AvgIpc) is 2.59. The first-order valence-electron chi connectivity index (χ1n) is 7.37. The number of anilines is 1. The summed E-state index contributed by atoms with van der Waals surface area (Å²) in [5.74, 6) is -1.91. The smallest absolute Gasteiger partial charge is 0.339 e. The zero-order valence-electron chi connectivity index (χ0n) is 12.9. The number of amides is 1. The summed E-state index contributed by atoms with van der Waals surface area (Å²) in [4.78, 5) is 38.3. The molecule has 0 atom stereocenters. The van der Waals surface area contributed by atoms with Crippen LogP contribution in [0.15, 0.2) is 59.4 Å². The third-order valence-electron chi connectivity index (χ3n) is 3.41. The zero-order valence-corrected chi connectivity index (χ0v) is 12.9. The maximum atomic E-state index is 13.1. The predicted molar refractivity (Wildman–Crippen MR) is 89.9 cm³/mol. The van der Waals surface area contributed by atoms with Crippen molar-refractivity contribution >= 4 is 28.5 Å². The number of hydrogen-bond acceptors (Lipinski definition) is 4. The Balaban J connectivity index is 1.71. The van der Waals surface area contributed by atoms with Gasteiger partial charge < -0.3 is 15.0 Å². The number of ether oxygens (including phenoxy) is 1. The quantitative estimate of drug-likeness (QED) is 0.714. The van der Waals surface area contributed by atoms with E-state index in [2.05, 4.69) is 10.3 Å². The number of carbonyl (C=O) groups excluding carboxylic acids is 2. The molecule has 1 aromatic heterocycles. The van der Waals surface area contributed by atoms with Crippen LogP contribution >= 0.6 is 0 Å². The third-order valence-corrected chi connectivity index (χ3v) is 3.41. The summed E-state index contributed by atoms with van der Waals surface area (Å²) >= 11 is 0. The van der Waals surface area contributed by atoms with Crippen molar-refractivity contribution < 1.29 is 18.7 Å². The van der Waals surface area contributed by atoms with Gasteiger partial charge in [-0.1, -0.05) is 24.3 Å². The van der Waals surface area contributed by atoms with Crippen molar-refractivity contribution in [2.75, 3.05) is 11.9 Å². The molecule has 3 aromatic rings. The Morgan fingerprint density at radius 3 is 2.68 bits per heavy atom. The molecule has 7 heteroatoms. The average molecular weight is 340 g/mol. The van der Waals surface area contributed by atoms with Gasteiger partial charge in [-0.05, 0) is 24.3 Å². The molecule has 0 aliphatic carbocycles. The monoisotopic (exact) mass is 340 g/mol. The Morgan fingerprint density at radius 1 is 1.08 bits per heavy atom. The highest BCUT2D eigenvalue weighted by Crippen LogP contribution is 2.15. The molecule has 6 nitrogen and oxygen atoms in total. The molecule has 3 rings (SSSR count). The fourth-order valence-corrected chi connectivity index (χ4v) is 2.35. The Kier molecular flexibility index (Phi) is 4.56. The maximum absolute atomic E-state index is 13.1. The van der Waals surface area contributed by atoms with Crippen molar-refractivity contribution in [3.8, 4) is 0 Å². The summed E-state index contributed by atoms with van der Waals surface area (Å²) in [5, 5.41) is 2.93. The molecule has 0 spiro atoms. The number of fused-ring (bicyclic) bond motifs is 1. The number of H-pyrrole nitrogens is 1.